The smallest absolute Gasteiger partial charge is 0.0776 e. The van der Waals surface area contributed by atoms with Crippen LogP contribution < -0.4 is 0 Å². The van der Waals surface area contributed by atoms with E-state index in [1.165, 1.54) is 6.42 Å². The number of morpholine rings is 1. The molecule has 18 heavy (non-hydrogen) atoms. The predicted molar refractivity (Wildman–Crippen MR) is 70.0 cm³/mol. The van der Waals surface area contributed by atoms with Crippen LogP contribution in [0.4, 0.5) is 0 Å². The zero-order valence-corrected chi connectivity index (χ0v) is 11.6. The lowest BCUT2D eigenvalue weighted by molar-refractivity contribution is -0.128. The highest BCUT2D eigenvalue weighted by molar-refractivity contribution is 5.95. The van der Waals surface area contributed by atoms with Crippen LogP contribution in [0.15, 0.2) is 5.16 Å². The molecule has 4 rings (SSSR count). The van der Waals surface area contributed by atoms with Gasteiger partial charge >= 0.3 is 0 Å². The van der Waals surface area contributed by atoms with Crippen molar-refractivity contribution in [3.05, 3.63) is 0 Å². The van der Waals surface area contributed by atoms with Gasteiger partial charge in [-0.2, -0.15) is 0 Å². The van der Waals surface area contributed by atoms with E-state index in [1.807, 2.05) is 0 Å². The largest absolute Gasteiger partial charge is 0.411 e. The summed E-state index contributed by atoms with van der Waals surface area (Å²) in [6, 6.07) is 0. The zero-order chi connectivity index (χ0) is 13.0. The lowest BCUT2D eigenvalue weighted by Crippen LogP contribution is -2.72. The molecule has 0 aromatic carbocycles. The van der Waals surface area contributed by atoms with Gasteiger partial charge in [0.2, 0.25) is 0 Å². The van der Waals surface area contributed by atoms with Crippen molar-refractivity contribution in [2.24, 2.45) is 22.4 Å². The van der Waals surface area contributed by atoms with Crippen LogP contribution in [0.3, 0.4) is 0 Å². The van der Waals surface area contributed by atoms with Crippen LogP contribution in [-0.4, -0.2) is 47.7 Å². The van der Waals surface area contributed by atoms with Crippen molar-refractivity contribution in [3.8, 4) is 0 Å². The first kappa shape index (κ1) is 12.4. The van der Waals surface area contributed by atoms with Gasteiger partial charge in [0.1, 0.15) is 0 Å². The van der Waals surface area contributed by atoms with E-state index in [1.54, 1.807) is 0 Å². The fourth-order valence-corrected chi connectivity index (χ4v) is 4.53. The first-order chi connectivity index (χ1) is 8.51. The molecule has 0 aromatic rings. The van der Waals surface area contributed by atoms with Crippen molar-refractivity contribution in [2.45, 2.75) is 39.2 Å². The molecule has 1 heterocycles. The number of hydrogen-bond acceptors (Lipinski definition) is 4. The summed E-state index contributed by atoms with van der Waals surface area (Å²) in [5, 5.41) is 13.1. The number of nitrogens with zero attached hydrogens (tertiary/aromatic N) is 2. The van der Waals surface area contributed by atoms with Crippen LogP contribution in [0, 0.1) is 17.3 Å². The van der Waals surface area contributed by atoms with E-state index in [-0.39, 0.29) is 5.54 Å². The summed E-state index contributed by atoms with van der Waals surface area (Å²) < 4.78 is 5.46. The normalized spacial score (nSPS) is 45.8. The third-order valence-electron chi connectivity index (χ3n) is 5.96. The summed E-state index contributed by atoms with van der Waals surface area (Å²) in [5.74, 6) is 1.30. The molecule has 4 aliphatic rings. The molecule has 1 aliphatic heterocycles. The van der Waals surface area contributed by atoms with E-state index in [4.69, 9.17) is 4.74 Å². The maximum Gasteiger partial charge on any atom is 0.0776 e. The lowest BCUT2D eigenvalue weighted by atomic mass is 9.42. The van der Waals surface area contributed by atoms with Crippen LogP contribution in [0.1, 0.15) is 33.6 Å². The van der Waals surface area contributed by atoms with Gasteiger partial charge in [0.15, 0.2) is 0 Å². The molecule has 3 saturated carbocycles. The molecule has 4 heteroatoms. The molecule has 3 atom stereocenters. The highest BCUT2D eigenvalue weighted by Crippen LogP contribution is 2.63. The Balaban J connectivity index is 1.94. The quantitative estimate of drug-likeness (QED) is 0.573. The lowest BCUT2D eigenvalue weighted by Gasteiger charge is -2.67. The Morgan fingerprint density at radius 2 is 1.94 bits per heavy atom. The van der Waals surface area contributed by atoms with Crippen molar-refractivity contribution in [1.29, 1.82) is 0 Å². The highest BCUT2D eigenvalue weighted by atomic mass is 16.5. The highest BCUT2D eigenvalue weighted by Gasteiger charge is 2.64. The third-order valence-corrected chi connectivity index (χ3v) is 5.96. The van der Waals surface area contributed by atoms with Gasteiger partial charge in [-0.3, -0.25) is 4.90 Å². The Kier molecular flexibility index (Phi) is 2.72. The minimum Gasteiger partial charge on any atom is -0.411 e. The molecule has 0 radical (unpaired) electrons. The number of ether oxygens (including phenoxy) is 1. The molecule has 0 unspecified atom stereocenters. The second-order valence-electron chi connectivity index (χ2n) is 6.80. The second kappa shape index (κ2) is 3.94. The standard InChI is InChI=1S/C14H24N2O2/c1-13(2)10-8-11(13)14(3,12(9-10)15-17)16-4-6-18-7-5-16/h10-11,17H,4-9H2,1-3H3/b15-12-/t10-,11-,14-/m1/s1. The summed E-state index contributed by atoms with van der Waals surface area (Å²) in [6.45, 7) is 10.5. The zero-order valence-electron chi connectivity index (χ0n) is 11.6. The summed E-state index contributed by atoms with van der Waals surface area (Å²) in [5.41, 5.74) is 1.29. The van der Waals surface area contributed by atoms with Crippen molar-refractivity contribution in [3.63, 3.8) is 0 Å². The predicted octanol–water partition coefficient (Wildman–Crippen LogP) is 1.97. The minimum atomic E-state index is -0.0726. The maximum absolute atomic E-state index is 9.40. The van der Waals surface area contributed by atoms with E-state index in [0.29, 0.717) is 17.3 Å². The number of hydrogen-bond donors (Lipinski definition) is 1. The first-order valence-electron chi connectivity index (χ1n) is 7.05. The van der Waals surface area contributed by atoms with E-state index in [2.05, 4.69) is 30.8 Å². The molecular weight excluding hydrogens is 228 g/mol. The molecule has 0 aromatic heterocycles. The van der Waals surface area contributed by atoms with Crippen molar-refractivity contribution in [2.75, 3.05) is 26.3 Å². The molecule has 2 bridgehead atoms. The summed E-state index contributed by atoms with van der Waals surface area (Å²) >= 11 is 0. The molecule has 102 valence electrons. The third kappa shape index (κ3) is 1.42. The van der Waals surface area contributed by atoms with Crippen LogP contribution in [-0.2, 0) is 4.74 Å². The Morgan fingerprint density at radius 1 is 1.28 bits per heavy atom. The van der Waals surface area contributed by atoms with Gasteiger partial charge in [-0.25, -0.2) is 0 Å². The van der Waals surface area contributed by atoms with Gasteiger partial charge in [0.05, 0.1) is 24.5 Å². The Labute approximate surface area is 109 Å². The van der Waals surface area contributed by atoms with E-state index in [9.17, 15) is 5.21 Å². The van der Waals surface area contributed by atoms with Gasteiger partial charge in [0.25, 0.3) is 0 Å². The van der Waals surface area contributed by atoms with Crippen LogP contribution in [0.25, 0.3) is 0 Å². The van der Waals surface area contributed by atoms with Gasteiger partial charge in [-0.05, 0) is 37.0 Å². The van der Waals surface area contributed by atoms with E-state index < -0.39 is 0 Å². The summed E-state index contributed by atoms with van der Waals surface area (Å²) in [7, 11) is 0. The maximum atomic E-state index is 9.40. The minimum absolute atomic E-state index is 0.0726. The van der Waals surface area contributed by atoms with E-state index >= 15 is 0 Å². The van der Waals surface area contributed by atoms with Gasteiger partial charge in [0, 0.05) is 13.1 Å². The molecule has 0 amide bonds. The van der Waals surface area contributed by atoms with E-state index in [0.717, 1.165) is 38.4 Å². The van der Waals surface area contributed by atoms with Crippen molar-refractivity contribution >= 4 is 5.71 Å². The van der Waals surface area contributed by atoms with Crippen molar-refractivity contribution < 1.29 is 9.94 Å². The second-order valence-corrected chi connectivity index (χ2v) is 6.80. The van der Waals surface area contributed by atoms with Crippen LogP contribution in [0.2, 0.25) is 0 Å². The van der Waals surface area contributed by atoms with Crippen molar-refractivity contribution in [1.82, 2.24) is 4.90 Å². The van der Waals surface area contributed by atoms with Gasteiger partial charge in [-0.1, -0.05) is 19.0 Å². The first-order valence-corrected chi connectivity index (χ1v) is 7.05. The average molecular weight is 252 g/mol. The SMILES string of the molecule is CC1(C)[C@H]2C/C(=N/O)[C@](C)(N3CCOCC3)[C@@H]1C2. The Hall–Kier alpha value is -0.610. The molecule has 1 saturated heterocycles. The number of fused-ring (bicyclic) bond motifs is 2. The molecular formula is C14H24N2O2. The molecule has 4 nitrogen and oxygen atoms in total. The fraction of sp³-hybridized carbons (Fsp3) is 0.929. The number of oxime groups is 1. The fourth-order valence-electron chi connectivity index (χ4n) is 4.53. The summed E-state index contributed by atoms with van der Waals surface area (Å²) in [4.78, 5) is 2.48. The molecule has 4 fully saturated rings. The Morgan fingerprint density at radius 3 is 2.50 bits per heavy atom. The Bertz CT molecular complexity index is 374. The summed E-state index contributed by atoms with van der Waals surface area (Å²) in [6.07, 6.45) is 2.23. The molecule has 1 N–H and O–H groups in total. The topological polar surface area (TPSA) is 45.1 Å². The van der Waals surface area contributed by atoms with Crippen LogP contribution >= 0.6 is 0 Å². The average Bonchev–Trinajstić information content (AvgIpc) is 2.39. The number of rotatable bonds is 1. The monoisotopic (exact) mass is 252 g/mol. The van der Waals surface area contributed by atoms with Crippen LogP contribution in [0.5, 0.6) is 0 Å². The molecule has 0 spiro atoms. The van der Waals surface area contributed by atoms with Gasteiger partial charge in [-0.15, -0.1) is 0 Å². The van der Waals surface area contributed by atoms with Gasteiger partial charge < -0.3 is 9.94 Å². The molecule has 3 aliphatic carbocycles.